The Morgan fingerprint density at radius 3 is 2.46 bits per heavy atom. The van der Waals surface area contributed by atoms with E-state index in [-0.39, 0.29) is 11.8 Å². The summed E-state index contributed by atoms with van der Waals surface area (Å²) in [4.78, 5) is 32.2. The molecule has 0 aliphatic carbocycles. The molecule has 26 heavy (non-hydrogen) atoms. The molecule has 3 aromatic heterocycles. The van der Waals surface area contributed by atoms with Crippen molar-refractivity contribution in [2.45, 2.75) is 13.8 Å². The summed E-state index contributed by atoms with van der Waals surface area (Å²) in [6.45, 7) is 5.53. The molecule has 1 fully saturated rings. The van der Waals surface area contributed by atoms with Crippen molar-refractivity contribution >= 4 is 17.5 Å². The topological polar surface area (TPSA) is 84.0 Å². The van der Waals surface area contributed by atoms with Crippen LogP contribution in [-0.2, 0) is 4.79 Å². The molecule has 0 saturated carbocycles. The molecule has 0 N–H and O–H groups in total. The van der Waals surface area contributed by atoms with Crippen molar-refractivity contribution in [3.05, 3.63) is 41.9 Å². The summed E-state index contributed by atoms with van der Waals surface area (Å²) in [6.07, 6.45) is 3.19. The molecule has 134 valence electrons. The van der Waals surface area contributed by atoms with Crippen LogP contribution in [0.1, 0.15) is 23.0 Å². The summed E-state index contributed by atoms with van der Waals surface area (Å²) in [5.41, 5.74) is 1.69. The fourth-order valence-corrected chi connectivity index (χ4v) is 3.20. The van der Waals surface area contributed by atoms with Crippen molar-refractivity contribution in [2.75, 3.05) is 26.2 Å². The third-order valence-electron chi connectivity index (χ3n) is 4.64. The van der Waals surface area contributed by atoms with Crippen LogP contribution in [0.25, 0.3) is 17.1 Å². The van der Waals surface area contributed by atoms with E-state index in [9.17, 15) is 9.59 Å². The predicted octanol–water partition coefficient (Wildman–Crippen LogP) is 1.60. The lowest BCUT2D eigenvalue weighted by molar-refractivity contribution is -0.130. The van der Waals surface area contributed by atoms with Crippen LogP contribution in [0.2, 0.25) is 0 Å². The van der Waals surface area contributed by atoms with Gasteiger partial charge in [-0.05, 0) is 25.1 Å². The number of aromatic nitrogens is 3. The highest BCUT2D eigenvalue weighted by Crippen LogP contribution is 2.23. The lowest BCUT2D eigenvalue weighted by Crippen LogP contribution is -2.50. The molecule has 1 saturated heterocycles. The Hall–Kier alpha value is -3.16. The number of rotatable bonds is 2. The van der Waals surface area contributed by atoms with Gasteiger partial charge in [-0.15, -0.1) is 0 Å². The van der Waals surface area contributed by atoms with Crippen LogP contribution in [-0.4, -0.2) is 62.4 Å². The maximum atomic E-state index is 12.9. The molecule has 4 rings (SSSR count). The number of hydrogen-bond donors (Lipinski definition) is 0. The molecule has 1 aliphatic rings. The molecule has 0 aromatic carbocycles. The average Bonchev–Trinajstić information content (AvgIpc) is 3.27. The zero-order valence-electron chi connectivity index (χ0n) is 14.7. The number of amides is 2. The first-order valence-corrected chi connectivity index (χ1v) is 8.49. The van der Waals surface area contributed by atoms with E-state index in [0.717, 1.165) is 11.5 Å². The zero-order valence-corrected chi connectivity index (χ0v) is 14.7. The van der Waals surface area contributed by atoms with Crippen LogP contribution in [0.5, 0.6) is 0 Å². The molecule has 8 nitrogen and oxygen atoms in total. The summed E-state index contributed by atoms with van der Waals surface area (Å²) in [6, 6.07) is 5.55. The van der Waals surface area contributed by atoms with Gasteiger partial charge in [0.1, 0.15) is 17.0 Å². The van der Waals surface area contributed by atoms with Crippen LogP contribution < -0.4 is 0 Å². The summed E-state index contributed by atoms with van der Waals surface area (Å²) in [7, 11) is 0. The van der Waals surface area contributed by atoms with Gasteiger partial charge < -0.3 is 14.2 Å². The monoisotopic (exact) mass is 353 g/mol. The quantitative estimate of drug-likeness (QED) is 0.699. The molecule has 4 heterocycles. The van der Waals surface area contributed by atoms with Crippen molar-refractivity contribution in [2.24, 2.45) is 0 Å². The minimum absolute atomic E-state index is 0.0353. The smallest absolute Gasteiger partial charge is 0.259 e. The van der Waals surface area contributed by atoms with Gasteiger partial charge >= 0.3 is 0 Å². The number of fused-ring (bicyclic) bond motifs is 1. The first-order valence-electron chi connectivity index (χ1n) is 8.49. The largest absolute Gasteiger partial charge is 0.460 e. The summed E-state index contributed by atoms with van der Waals surface area (Å²) >= 11 is 0. The van der Waals surface area contributed by atoms with Crippen molar-refractivity contribution in [1.29, 1.82) is 0 Å². The standard InChI is InChI=1S/C18H19N5O3/c1-12-3-4-16(26-12)15-5-6-19-17-14(11-20-23(15)17)18(25)22-9-7-21(8-10-22)13(2)24/h3-6,11H,7-10H2,1-2H3. The van der Waals surface area contributed by atoms with Gasteiger partial charge in [-0.2, -0.15) is 5.10 Å². The van der Waals surface area contributed by atoms with Crippen molar-refractivity contribution in [3.8, 4) is 11.5 Å². The molecule has 1 aliphatic heterocycles. The van der Waals surface area contributed by atoms with Gasteiger partial charge in [-0.1, -0.05) is 0 Å². The number of piperazine rings is 1. The second kappa shape index (κ2) is 6.29. The molecule has 0 bridgehead atoms. The number of carbonyl (C=O) groups excluding carboxylic acids is 2. The first kappa shape index (κ1) is 16.3. The van der Waals surface area contributed by atoms with Gasteiger partial charge in [0, 0.05) is 39.3 Å². The zero-order chi connectivity index (χ0) is 18.3. The number of aryl methyl sites for hydroxylation is 1. The average molecular weight is 353 g/mol. The molecular formula is C18H19N5O3. The minimum Gasteiger partial charge on any atom is -0.460 e. The normalized spacial score (nSPS) is 14.8. The second-order valence-electron chi connectivity index (χ2n) is 6.33. The van der Waals surface area contributed by atoms with E-state index in [1.807, 2.05) is 19.1 Å². The molecule has 2 amide bonds. The first-order chi connectivity index (χ1) is 12.5. The molecule has 0 radical (unpaired) electrons. The molecule has 0 spiro atoms. The minimum atomic E-state index is -0.122. The van der Waals surface area contributed by atoms with Crippen molar-refractivity contribution < 1.29 is 14.0 Å². The predicted molar refractivity (Wildman–Crippen MR) is 93.6 cm³/mol. The van der Waals surface area contributed by atoms with E-state index in [0.29, 0.717) is 43.1 Å². The molecule has 3 aromatic rings. The van der Waals surface area contributed by atoms with E-state index in [2.05, 4.69) is 10.1 Å². The van der Waals surface area contributed by atoms with Gasteiger partial charge in [0.25, 0.3) is 5.91 Å². The Bertz CT molecular complexity index is 982. The van der Waals surface area contributed by atoms with Crippen LogP contribution in [0.3, 0.4) is 0 Å². The fraction of sp³-hybridized carbons (Fsp3) is 0.333. The number of nitrogens with zero attached hydrogens (tertiary/aromatic N) is 5. The van der Waals surface area contributed by atoms with Gasteiger partial charge in [-0.25, -0.2) is 9.50 Å². The highest BCUT2D eigenvalue weighted by Gasteiger charge is 2.26. The fourth-order valence-electron chi connectivity index (χ4n) is 3.20. The summed E-state index contributed by atoms with van der Waals surface area (Å²) in [5, 5.41) is 4.35. The van der Waals surface area contributed by atoms with E-state index >= 15 is 0 Å². The van der Waals surface area contributed by atoms with Crippen LogP contribution >= 0.6 is 0 Å². The Morgan fingerprint density at radius 1 is 1.08 bits per heavy atom. The van der Waals surface area contributed by atoms with E-state index in [4.69, 9.17) is 4.42 Å². The van der Waals surface area contributed by atoms with Crippen molar-refractivity contribution in [3.63, 3.8) is 0 Å². The third-order valence-corrected chi connectivity index (χ3v) is 4.64. The Morgan fingerprint density at radius 2 is 1.81 bits per heavy atom. The number of furan rings is 1. The number of carbonyl (C=O) groups is 2. The van der Waals surface area contributed by atoms with E-state index in [1.54, 1.807) is 39.7 Å². The van der Waals surface area contributed by atoms with E-state index in [1.165, 1.54) is 0 Å². The molecule has 8 heteroatoms. The highest BCUT2D eigenvalue weighted by atomic mass is 16.3. The lowest BCUT2D eigenvalue weighted by atomic mass is 10.2. The Balaban J connectivity index is 1.64. The van der Waals surface area contributed by atoms with E-state index < -0.39 is 0 Å². The Kier molecular flexibility index (Phi) is 3.95. The maximum Gasteiger partial charge on any atom is 0.259 e. The van der Waals surface area contributed by atoms with Gasteiger partial charge in [0.05, 0.1) is 6.20 Å². The van der Waals surface area contributed by atoms with Crippen LogP contribution in [0, 0.1) is 6.92 Å². The summed E-state index contributed by atoms with van der Waals surface area (Å²) < 4.78 is 7.30. The molecule has 0 atom stereocenters. The Labute approximate surface area is 150 Å². The molecule has 0 unspecified atom stereocenters. The van der Waals surface area contributed by atoms with Gasteiger partial charge in [0.15, 0.2) is 11.4 Å². The van der Waals surface area contributed by atoms with Gasteiger partial charge in [-0.3, -0.25) is 9.59 Å². The maximum absolute atomic E-state index is 12.9. The SMILES string of the molecule is CC(=O)N1CCN(C(=O)c2cnn3c(-c4ccc(C)o4)ccnc23)CC1. The van der Waals surface area contributed by atoms with Gasteiger partial charge in [0.2, 0.25) is 5.91 Å². The molecular weight excluding hydrogens is 334 g/mol. The van der Waals surface area contributed by atoms with Crippen molar-refractivity contribution in [1.82, 2.24) is 24.4 Å². The highest BCUT2D eigenvalue weighted by molar-refractivity contribution is 6.00. The summed E-state index contributed by atoms with van der Waals surface area (Å²) in [5.74, 6) is 1.39. The van der Waals surface area contributed by atoms with Crippen LogP contribution in [0.15, 0.2) is 35.0 Å². The second-order valence-corrected chi connectivity index (χ2v) is 6.33. The number of hydrogen-bond acceptors (Lipinski definition) is 5. The van der Waals surface area contributed by atoms with Crippen LogP contribution in [0.4, 0.5) is 0 Å². The third kappa shape index (κ3) is 2.73. The lowest BCUT2D eigenvalue weighted by Gasteiger charge is -2.34.